The third-order valence-electron chi connectivity index (χ3n) is 4.15. The lowest BCUT2D eigenvalue weighted by Gasteiger charge is -2.29. The second-order valence-corrected chi connectivity index (χ2v) is 7.26. The summed E-state index contributed by atoms with van der Waals surface area (Å²) < 4.78 is 33.0. The molecule has 2 heterocycles. The Bertz CT molecular complexity index is 582. The smallest absolute Gasteiger partial charge is 0.244 e. The molecular formula is C14H21ClN2O3S. The van der Waals surface area contributed by atoms with Crippen molar-refractivity contribution in [1.82, 2.24) is 10.0 Å². The normalized spacial score (nSPS) is 28.0. The zero-order chi connectivity index (χ0) is 14.2. The van der Waals surface area contributed by atoms with Crippen molar-refractivity contribution in [3.8, 4) is 5.75 Å². The van der Waals surface area contributed by atoms with Gasteiger partial charge in [-0.05, 0) is 37.8 Å². The molecule has 0 aromatic heterocycles. The second kappa shape index (κ2) is 6.52. The Kier molecular flexibility index (Phi) is 5.14. The molecule has 0 radical (unpaired) electrons. The van der Waals surface area contributed by atoms with E-state index < -0.39 is 10.0 Å². The lowest BCUT2D eigenvalue weighted by Crippen LogP contribution is -2.47. The van der Waals surface area contributed by atoms with E-state index in [1.807, 2.05) is 0 Å². The van der Waals surface area contributed by atoms with Crippen molar-refractivity contribution in [1.29, 1.82) is 0 Å². The Morgan fingerprint density at radius 3 is 2.43 bits per heavy atom. The molecule has 21 heavy (non-hydrogen) atoms. The van der Waals surface area contributed by atoms with Crippen molar-refractivity contribution < 1.29 is 13.2 Å². The molecule has 1 aromatic carbocycles. The summed E-state index contributed by atoms with van der Waals surface area (Å²) in [6.45, 7) is 0. The molecule has 7 heteroatoms. The third kappa shape index (κ3) is 3.51. The number of hydrogen-bond acceptors (Lipinski definition) is 4. The Hall–Kier alpha value is -0.820. The SMILES string of the molecule is COc1ccccc1S(=O)(=O)NC1CC2CCC(C1)N2.Cl. The molecule has 118 valence electrons. The molecule has 2 saturated heterocycles. The lowest BCUT2D eigenvalue weighted by atomic mass is 10.0. The summed E-state index contributed by atoms with van der Waals surface area (Å²) >= 11 is 0. The van der Waals surface area contributed by atoms with Crippen LogP contribution in [0.3, 0.4) is 0 Å². The van der Waals surface area contributed by atoms with Crippen LogP contribution in [0.1, 0.15) is 25.7 Å². The van der Waals surface area contributed by atoms with E-state index in [9.17, 15) is 8.42 Å². The highest BCUT2D eigenvalue weighted by Gasteiger charge is 2.35. The summed E-state index contributed by atoms with van der Waals surface area (Å²) in [5, 5.41) is 3.51. The van der Waals surface area contributed by atoms with Crippen LogP contribution < -0.4 is 14.8 Å². The van der Waals surface area contributed by atoms with Crippen molar-refractivity contribution in [2.24, 2.45) is 0 Å². The number of halogens is 1. The summed E-state index contributed by atoms with van der Waals surface area (Å²) in [5.41, 5.74) is 0. The third-order valence-corrected chi connectivity index (χ3v) is 5.71. The Morgan fingerprint density at radius 1 is 1.19 bits per heavy atom. The Labute approximate surface area is 131 Å². The lowest BCUT2D eigenvalue weighted by molar-refractivity contribution is 0.344. The van der Waals surface area contributed by atoms with Crippen molar-refractivity contribution >= 4 is 22.4 Å². The van der Waals surface area contributed by atoms with Crippen molar-refractivity contribution in [3.63, 3.8) is 0 Å². The van der Waals surface area contributed by atoms with Crippen molar-refractivity contribution in [2.45, 2.75) is 48.7 Å². The maximum Gasteiger partial charge on any atom is 0.244 e. The van der Waals surface area contributed by atoms with E-state index in [1.54, 1.807) is 24.3 Å². The first-order valence-electron chi connectivity index (χ1n) is 7.00. The van der Waals surface area contributed by atoms with Crippen LogP contribution in [0.2, 0.25) is 0 Å². The number of benzene rings is 1. The summed E-state index contributed by atoms with van der Waals surface area (Å²) in [6, 6.07) is 7.66. The molecule has 0 saturated carbocycles. The summed E-state index contributed by atoms with van der Waals surface area (Å²) in [4.78, 5) is 0.216. The minimum Gasteiger partial charge on any atom is -0.495 e. The standard InChI is InChI=1S/C14H20N2O3S.ClH/c1-19-13-4-2-3-5-14(13)20(17,18)16-12-8-10-6-7-11(9-12)15-10;/h2-5,10-12,15-16H,6-9H2,1H3;1H. The largest absolute Gasteiger partial charge is 0.495 e. The number of sulfonamides is 1. The molecule has 2 aliphatic heterocycles. The van der Waals surface area contributed by atoms with Gasteiger partial charge in [-0.3, -0.25) is 0 Å². The number of para-hydroxylation sites is 1. The van der Waals surface area contributed by atoms with Gasteiger partial charge in [-0.25, -0.2) is 13.1 Å². The van der Waals surface area contributed by atoms with E-state index in [0.29, 0.717) is 17.8 Å². The van der Waals surface area contributed by atoms with Crippen molar-refractivity contribution in [3.05, 3.63) is 24.3 Å². The molecule has 2 fully saturated rings. The van der Waals surface area contributed by atoms with Crippen LogP contribution in [0.5, 0.6) is 5.75 Å². The van der Waals surface area contributed by atoms with Gasteiger partial charge in [0, 0.05) is 18.1 Å². The van der Waals surface area contributed by atoms with Gasteiger partial charge in [0.2, 0.25) is 10.0 Å². The van der Waals surface area contributed by atoms with Crippen LogP contribution in [0, 0.1) is 0 Å². The molecule has 2 unspecified atom stereocenters. The highest BCUT2D eigenvalue weighted by atomic mass is 35.5. The molecule has 2 bridgehead atoms. The molecule has 5 nitrogen and oxygen atoms in total. The fourth-order valence-corrected chi connectivity index (χ4v) is 4.71. The summed E-state index contributed by atoms with van der Waals surface area (Å²) in [5.74, 6) is 0.386. The Morgan fingerprint density at radius 2 is 1.81 bits per heavy atom. The maximum atomic E-state index is 12.5. The summed E-state index contributed by atoms with van der Waals surface area (Å²) in [6.07, 6.45) is 4.03. The van der Waals surface area contributed by atoms with E-state index >= 15 is 0 Å². The molecule has 2 atom stereocenters. The highest BCUT2D eigenvalue weighted by Crippen LogP contribution is 2.29. The molecule has 0 amide bonds. The fraction of sp³-hybridized carbons (Fsp3) is 0.571. The summed E-state index contributed by atoms with van der Waals surface area (Å²) in [7, 11) is -2.04. The number of piperidine rings is 1. The van der Waals surface area contributed by atoms with Crippen LogP contribution >= 0.6 is 12.4 Å². The van der Waals surface area contributed by atoms with E-state index in [1.165, 1.54) is 7.11 Å². The van der Waals surface area contributed by atoms with E-state index in [-0.39, 0.29) is 23.3 Å². The molecule has 0 aliphatic carbocycles. The van der Waals surface area contributed by atoms with Crippen LogP contribution in [-0.2, 0) is 10.0 Å². The first kappa shape index (κ1) is 16.5. The number of rotatable bonds is 4. The van der Waals surface area contributed by atoms with E-state index in [0.717, 1.165) is 25.7 Å². The molecular weight excluding hydrogens is 312 g/mol. The number of hydrogen-bond donors (Lipinski definition) is 2. The first-order chi connectivity index (χ1) is 9.58. The average Bonchev–Trinajstić information content (AvgIpc) is 2.77. The maximum absolute atomic E-state index is 12.5. The number of fused-ring (bicyclic) bond motifs is 2. The van der Waals surface area contributed by atoms with Gasteiger partial charge in [0.25, 0.3) is 0 Å². The van der Waals surface area contributed by atoms with Gasteiger partial charge in [0.1, 0.15) is 10.6 Å². The zero-order valence-electron chi connectivity index (χ0n) is 11.9. The van der Waals surface area contributed by atoms with Gasteiger partial charge in [-0.2, -0.15) is 0 Å². The van der Waals surface area contributed by atoms with Crippen LogP contribution in [-0.4, -0.2) is 33.7 Å². The van der Waals surface area contributed by atoms with Gasteiger partial charge in [0.05, 0.1) is 7.11 Å². The van der Waals surface area contributed by atoms with Gasteiger partial charge in [-0.15, -0.1) is 12.4 Å². The Balaban J connectivity index is 0.00000161. The minimum atomic E-state index is -3.52. The van der Waals surface area contributed by atoms with Gasteiger partial charge in [-0.1, -0.05) is 12.1 Å². The first-order valence-corrected chi connectivity index (χ1v) is 8.48. The number of nitrogens with one attached hydrogen (secondary N) is 2. The molecule has 2 N–H and O–H groups in total. The van der Waals surface area contributed by atoms with Gasteiger partial charge < -0.3 is 10.1 Å². The fourth-order valence-electron chi connectivity index (χ4n) is 3.28. The monoisotopic (exact) mass is 332 g/mol. The topological polar surface area (TPSA) is 67.4 Å². The van der Waals surface area contributed by atoms with Gasteiger partial charge >= 0.3 is 0 Å². The average molecular weight is 333 g/mol. The predicted octanol–water partition coefficient (Wildman–Crippen LogP) is 1.68. The second-order valence-electron chi connectivity index (χ2n) is 5.58. The minimum absolute atomic E-state index is 0. The van der Waals surface area contributed by atoms with Crippen molar-refractivity contribution in [2.75, 3.05) is 7.11 Å². The van der Waals surface area contributed by atoms with E-state index in [4.69, 9.17) is 4.74 Å². The molecule has 2 aliphatic rings. The number of methoxy groups -OCH3 is 1. The van der Waals surface area contributed by atoms with Crippen LogP contribution in [0.25, 0.3) is 0 Å². The molecule has 0 spiro atoms. The quantitative estimate of drug-likeness (QED) is 0.880. The number of ether oxygens (including phenoxy) is 1. The van der Waals surface area contributed by atoms with Gasteiger partial charge in [0.15, 0.2) is 0 Å². The highest BCUT2D eigenvalue weighted by molar-refractivity contribution is 7.89. The van der Waals surface area contributed by atoms with Crippen LogP contribution in [0.15, 0.2) is 29.2 Å². The predicted molar refractivity (Wildman–Crippen MR) is 83.5 cm³/mol. The zero-order valence-corrected chi connectivity index (χ0v) is 13.5. The molecule has 1 aromatic rings. The van der Waals surface area contributed by atoms with E-state index in [2.05, 4.69) is 10.0 Å². The van der Waals surface area contributed by atoms with Crippen LogP contribution in [0.4, 0.5) is 0 Å². The molecule has 3 rings (SSSR count).